The monoisotopic (exact) mass is 379 g/mol. The SMILES string of the molecule is C=Cc1cccc(/C=N/C2=CC(=C)/C(=N\c3cc(C)c(N=C)cc3C)C=C2C)c1. The number of aliphatic imine (C=N–C) groups is 3. The highest BCUT2D eigenvalue weighted by atomic mass is 14.8. The number of rotatable bonds is 5. The maximum Gasteiger partial charge on any atom is 0.0707 e. The third kappa shape index (κ3) is 4.64. The van der Waals surface area contributed by atoms with E-state index in [2.05, 4.69) is 29.9 Å². The predicted octanol–water partition coefficient (Wildman–Crippen LogP) is 6.87. The van der Waals surface area contributed by atoms with Gasteiger partial charge in [0.2, 0.25) is 0 Å². The van der Waals surface area contributed by atoms with Gasteiger partial charge in [-0.05, 0) is 91.2 Å². The van der Waals surface area contributed by atoms with Crippen LogP contribution < -0.4 is 0 Å². The van der Waals surface area contributed by atoms with E-state index in [0.29, 0.717) is 0 Å². The number of benzene rings is 2. The highest BCUT2D eigenvalue weighted by Crippen LogP contribution is 2.30. The first-order valence-electron chi connectivity index (χ1n) is 9.44. The second-order valence-corrected chi connectivity index (χ2v) is 7.09. The molecule has 1 aliphatic carbocycles. The Morgan fingerprint density at radius 1 is 0.897 bits per heavy atom. The highest BCUT2D eigenvalue weighted by molar-refractivity contribution is 6.13. The van der Waals surface area contributed by atoms with E-state index < -0.39 is 0 Å². The van der Waals surface area contributed by atoms with Crippen molar-refractivity contribution < 1.29 is 0 Å². The van der Waals surface area contributed by atoms with Crippen LogP contribution in [0.25, 0.3) is 6.08 Å². The summed E-state index contributed by atoms with van der Waals surface area (Å²) in [5.41, 5.74) is 9.62. The van der Waals surface area contributed by atoms with Crippen LogP contribution in [-0.4, -0.2) is 18.6 Å². The maximum atomic E-state index is 4.83. The van der Waals surface area contributed by atoms with Gasteiger partial charge >= 0.3 is 0 Å². The molecule has 0 unspecified atom stereocenters. The molecule has 2 aromatic rings. The Kier molecular flexibility index (Phi) is 5.99. The standard InChI is InChI=1S/C26H25N3/c1-7-21-9-8-10-22(15-21)16-28-24-12-20(5)26(14-18(24)3)29-25-13-17(2)23(27-6)11-19(25)4/h7-16H,1,5-6H2,2-4H3/b28-16+,29-26-. The van der Waals surface area contributed by atoms with E-state index in [0.717, 1.165) is 56.2 Å². The molecule has 29 heavy (non-hydrogen) atoms. The summed E-state index contributed by atoms with van der Waals surface area (Å²) in [5.74, 6) is 0. The average molecular weight is 380 g/mol. The number of nitrogens with zero attached hydrogens (tertiary/aromatic N) is 3. The van der Waals surface area contributed by atoms with Gasteiger partial charge < -0.3 is 0 Å². The van der Waals surface area contributed by atoms with Gasteiger partial charge in [0.05, 0.1) is 22.8 Å². The molecule has 0 N–H and O–H groups in total. The Labute approximate surface area is 173 Å². The van der Waals surface area contributed by atoms with Gasteiger partial charge in [0.15, 0.2) is 0 Å². The lowest BCUT2D eigenvalue weighted by Crippen LogP contribution is -2.04. The van der Waals surface area contributed by atoms with E-state index in [4.69, 9.17) is 4.99 Å². The summed E-state index contributed by atoms with van der Waals surface area (Å²) in [4.78, 5) is 13.5. The summed E-state index contributed by atoms with van der Waals surface area (Å²) in [6.45, 7) is 17.7. The van der Waals surface area contributed by atoms with Gasteiger partial charge in [0.25, 0.3) is 0 Å². The van der Waals surface area contributed by atoms with Crippen LogP contribution in [0, 0.1) is 13.8 Å². The first-order chi connectivity index (χ1) is 13.9. The van der Waals surface area contributed by atoms with E-state index in [9.17, 15) is 0 Å². The largest absolute Gasteiger partial charge is 0.264 e. The maximum absolute atomic E-state index is 4.83. The fraction of sp³-hybridized carbons (Fsp3) is 0.115. The van der Waals surface area contributed by atoms with Crippen LogP contribution in [0.4, 0.5) is 11.4 Å². The van der Waals surface area contributed by atoms with Crippen LogP contribution in [0.3, 0.4) is 0 Å². The van der Waals surface area contributed by atoms with E-state index in [1.807, 2.05) is 81.6 Å². The molecule has 144 valence electrons. The molecule has 0 fully saturated rings. The minimum Gasteiger partial charge on any atom is -0.264 e. The van der Waals surface area contributed by atoms with E-state index in [1.54, 1.807) is 0 Å². The van der Waals surface area contributed by atoms with E-state index in [-0.39, 0.29) is 0 Å². The van der Waals surface area contributed by atoms with Crippen LogP contribution in [0.1, 0.15) is 29.2 Å². The third-order valence-corrected chi connectivity index (χ3v) is 4.82. The molecule has 0 bridgehead atoms. The van der Waals surface area contributed by atoms with Crippen LogP contribution in [0.15, 0.2) is 93.5 Å². The van der Waals surface area contributed by atoms with Gasteiger partial charge in [-0.25, -0.2) is 4.99 Å². The van der Waals surface area contributed by atoms with Crippen LogP contribution >= 0.6 is 0 Å². The molecule has 3 nitrogen and oxygen atoms in total. The Bertz CT molecular complexity index is 1120. The van der Waals surface area contributed by atoms with Crippen molar-refractivity contribution >= 4 is 36.1 Å². The second kappa shape index (κ2) is 8.61. The Hall–Kier alpha value is -3.59. The molecule has 0 aromatic heterocycles. The minimum atomic E-state index is 0.838. The average Bonchev–Trinajstić information content (AvgIpc) is 2.71. The van der Waals surface area contributed by atoms with Gasteiger partial charge in [-0.3, -0.25) is 9.98 Å². The lowest BCUT2D eigenvalue weighted by Gasteiger charge is -2.14. The molecule has 2 aromatic carbocycles. The number of aryl methyl sites for hydroxylation is 2. The Balaban J connectivity index is 1.88. The molecule has 0 heterocycles. The zero-order valence-corrected chi connectivity index (χ0v) is 17.2. The second-order valence-electron chi connectivity index (χ2n) is 7.09. The van der Waals surface area contributed by atoms with Crippen molar-refractivity contribution in [2.24, 2.45) is 15.0 Å². The Morgan fingerprint density at radius 3 is 2.31 bits per heavy atom. The number of allylic oxidation sites excluding steroid dienone is 4. The minimum absolute atomic E-state index is 0.838. The highest BCUT2D eigenvalue weighted by Gasteiger charge is 2.12. The molecule has 3 rings (SSSR count). The first kappa shape index (κ1) is 20.2. The molecular formula is C26H25N3. The summed E-state index contributed by atoms with van der Waals surface area (Å²) in [7, 11) is 0. The van der Waals surface area contributed by atoms with Gasteiger partial charge in [-0.1, -0.05) is 37.4 Å². The van der Waals surface area contributed by atoms with Gasteiger partial charge in [-0.15, -0.1) is 0 Å². The molecule has 0 saturated heterocycles. The van der Waals surface area contributed by atoms with E-state index in [1.165, 1.54) is 0 Å². The molecule has 1 aliphatic rings. The molecule has 0 spiro atoms. The molecule has 0 saturated carbocycles. The molecule has 0 atom stereocenters. The summed E-state index contributed by atoms with van der Waals surface area (Å²) in [6, 6.07) is 12.1. The Morgan fingerprint density at radius 2 is 1.59 bits per heavy atom. The number of hydrogen-bond acceptors (Lipinski definition) is 3. The van der Waals surface area contributed by atoms with Crippen LogP contribution in [0.5, 0.6) is 0 Å². The van der Waals surface area contributed by atoms with Crippen molar-refractivity contribution in [3.05, 3.63) is 101 Å². The molecule has 0 amide bonds. The molecule has 3 heteroatoms. The zero-order valence-electron chi connectivity index (χ0n) is 17.2. The first-order valence-corrected chi connectivity index (χ1v) is 9.44. The lowest BCUT2D eigenvalue weighted by molar-refractivity contribution is 1.27. The van der Waals surface area contributed by atoms with Crippen molar-refractivity contribution in [3.8, 4) is 0 Å². The van der Waals surface area contributed by atoms with Crippen molar-refractivity contribution in [2.75, 3.05) is 0 Å². The quantitative estimate of drug-likeness (QED) is 0.508. The van der Waals surface area contributed by atoms with Gasteiger partial charge in [-0.2, -0.15) is 0 Å². The van der Waals surface area contributed by atoms with Crippen molar-refractivity contribution in [2.45, 2.75) is 20.8 Å². The van der Waals surface area contributed by atoms with Crippen molar-refractivity contribution in [3.63, 3.8) is 0 Å². The molecular weight excluding hydrogens is 354 g/mol. The fourth-order valence-electron chi connectivity index (χ4n) is 3.08. The van der Waals surface area contributed by atoms with Crippen molar-refractivity contribution in [1.29, 1.82) is 0 Å². The van der Waals surface area contributed by atoms with Crippen LogP contribution in [0.2, 0.25) is 0 Å². The summed E-state index contributed by atoms with van der Waals surface area (Å²) in [5, 5.41) is 0. The van der Waals surface area contributed by atoms with E-state index >= 15 is 0 Å². The van der Waals surface area contributed by atoms with Crippen LogP contribution in [-0.2, 0) is 0 Å². The summed E-state index contributed by atoms with van der Waals surface area (Å²) in [6.07, 6.45) is 7.70. The number of hydrogen-bond donors (Lipinski definition) is 0. The lowest BCUT2D eigenvalue weighted by atomic mass is 9.99. The predicted molar refractivity (Wildman–Crippen MR) is 127 cm³/mol. The molecule has 0 radical (unpaired) electrons. The zero-order chi connectivity index (χ0) is 21.0. The topological polar surface area (TPSA) is 37.1 Å². The fourth-order valence-corrected chi connectivity index (χ4v) is 3.08. The van der Waals surface area contributed by atoms with Gasteiger partial charge in [0.1, 0.15) is 0 Å². The molecule has 0 aliphatic heterocycles. The van der Waals surface area contributed by atoms with Crippen molar-refractivity contribution in [1.82, 2.24) is 0 Å². The third-order valence-electron chi connectivity index (χ3n) is 4.82. The summed E-state index contributed by atoms with van der Waals surface area (Å²) >= 11 is 0. The smallest absolute Gasteiger partial charge is 0.0707 e. The van der Waals surface area contributed by atoms with Gasteiger partial charge in [0, 0.05) is 6.21 Å². The summed E-state index contributed by atoms with van der Waals surface area (Å²) < 4.78 is 0. The normalized spacial score (nSPS) is 15.4.